The second-order valence-corrected chi connectivity index (χ2v) is 5.41. The summed E-state index contributed by atoms with van der Waals surface area (Å²) >= 11 is 5.84. The van der Waals surface area contributed by atoms with Crippen LogP contribution in [0.1, 0.15) is 11.4 Å². The number of halogens is 2. The highest BCUT2D eigenvalue weighted by Gasteiger charge is 2.11. The molecule has 0 aliphatic carbocycles. The molecule has 2 heterocycles. The number of imidazole rings is 1. The maximum Gasteiger partial charge on any atom is 0.125 e. The summed E-state index contributed by atoms with van der Waals surface area (Å²) < 4.78 is 17.3. The molecule has 0 spiro atoms. The van der Waals surface area contributed by atoms with Crippen LogP contribution in [0.15, 0.2) is 30.6 Å². The van der Waals surface area contributed by atoms with Gasteiger partial charge in [-0.2, -0.15) is 5.10 Å². The number of hydrogen-bond acceptors (Lipinski definition) is 2. The zero-order valence-corrected chi connectivity index (χ0v) is 12.5. The SMILES string of the molecule is Cc1cnn(CCn2c(CCCl)nc3cc(F)ccc32)c1. The summed E-state index contributed by atoms with van der Waals surface area (Å²) in [4.78, 5) is 4.49. The number of alkyl halides is 1. The highest BCUT2D eigenvalue weighted by Crippen LogP contribution is 2.18. The molecular formula is C15H16ClFN4. The maximum absolute atomic E-state index is 13.3. The van der Waals surface area contributed by atoms with Crippen molar-refractivity contribution in [1.82, 2.24) is 19.3 Å². The molecule has 0 saturated heterocycles. The Morgan fingerprint density at radius 1 is 1.29 bits per heavy atom. The first-order chi connectivity index (χ1) is 10.2. The van der Waals surface area contributed by atoms with Gasteiger partial charge in [0.05, 0.1) is 23.8 Å². The Labute approximate surface area is 127 Å². The van der Waals surface area contributed by atoms with Gasteiger partial charge in [-0.25, -0.2) is 9.37 Å². The lowest BCUT2D eigenvalue weighted by Gasteiger charge is -2.08. The zero-order chi connectivity index (χ0) is 14.8. The van der Waals surface area contributed by atoms with Crippen LogP contribution in [-0.2, 0) is 19.5 Å². The van der Waals surface area contributed by atoms with Crippen molar-refractivity contribution >= 4 is 22.6 Å². The van der Waals surface area contributed by atoms with Gasteiger partial charge in [0.15, 0.2) is 0 Å². The maximum atomic E-state index is 13.3. The van der Waals surface area contributed by atoms with E-state index in [0.717, 1.165) is 30.0 Å². The number of rotatable bonds is 5. The largest absolute Gasteiger partial charge is 0.326 e. The number of fused-ring (bicyclic) bond motifs is 1. The van der Waals surface area contributed by atoms with Gasteiger partial charge in [-0.15, -0.1) is 11.6 Å². The van der Waals surface area contributed by atoms with Gasteiger partial charge in [-0.1, -0.05) is 0 Å². The lowest BCUT2D eigenvalue weighted by molar-refractivity contribution is 0.529. The molecule has 0 N–H and O–H groups in total. The Morgan fingerprint density at radius 3 is 2.86 bits per heavy atom. The summed E-state index contributed by atoms with van der Waals surface area (Å²) in [6, 6.07) is 4.69. The van der Waals surface area contributed by atoms with Crippen molar-refractivity contribution in [2.75, 3.05) is 5.88 Å². The Hall–Kier alpha value is -1.88. The molecule has 6 heteroatoms. The van der Waals surface area contributed by atoms with E-state index in [9.17, 15) is 4.39 Å². The minimum atomic E-state index is -0.271. The molecule has 0 unspecified atom stereocenters. The van der Waals surface area contributed by atoms with Crippen molar-refractivity contribution in [3.8, 4) is 0 Å². The summed E-state index contributed by atoms with van der Waals surface area (Å²) in [5.74, 6) is 1.11. The quantitative estimate of drug-likeness (QED) is 0.679. The second-order valence-electron chi connectivity index (χ2n) is 5.03. The molecule has 0 atom stereocenters. The fourth-order valence-electron chi connectivity index (χ4n) is 2.47. The van der Waals surface area contributed by atoms with Gasteiger partial charge in [0.1, 0.15) is 11.6 Å². The minimum absolute atomic E-state index is 0.271. The average molecular weight is 307 g/mol. The molecule has 0 aliphatic heterocycles. The third-order valence-electron chi connectivity index (χ3n) is 3.42. The number of benzene rings is 1. The molecule has 0 bridgehead atoms. The van der Waals surface area contributed by atoms with Gasteiger partial charge >= 0.3 is 0 Å². The predicted octanol–water partition coefficient (Wildman–Crippen LogP) is 3.16. The lowest BCUT2D eigenvalue weighted by Crippen LogP contribution is -2.11. The molecule has 4 nitrogen and oxygen atoms in total. The van der Waals surface area contributed by atoms with Crippen LogP contribution in [0.25, 0.3) is 11.0 Å². The molecule has 0 radical (unpaired) electrons. The first-order valence-electron chi connectivity index (χ1n) is 6.87. The highest BCUT2D eigenvalue weighted by molar-refractivity contribution is 6.17. The molecular weight excluding hydrogens is 291 g/mol. The van der Waals surface area contributed by atoms with Gasteiger partial charge in [0.25, 0.3) is 0 Å². The topological polar surface area (TPSA) is 35.6 Å². The molecule has 1 aromatic carbocycles. The monoisotopic (exact) mass is 306 g/mol. The smallest absolute Gasteiger partial charge is 0.125 e. The van der Waals surface area contributed by atoms with E-state index in [1.165, 1.54) is 12.1 Å². The normalized spacial score (nSPS) is 11.4. The van der Waals surface area contributed by atoms with Crippen molar-refractivity contribution in [3.05, 3.63) is 47.8 Å². The Balaban J connectivity index is 1.92. The first kappa shape index (κ1) is 14.1. The molecule has 0 saturated carbocycles. The van der Waals surface area contributed by atoms with Crippen LogP contribution in [0.3, 0.4) is 0 Å². The van der Waals surface area contributed by atoms with Crippen molar-refractivity contribution in [2.45, 2.75) is 26.4 Å². The molecule has 0 fully saturated rings. The van der Waals surface area contributed by atoms with E-state index in [1.54, 1.807) is 6.07 Å². The van der Waals surface area contributed by atoms with Crippen LogP contribution in [0.5, 0.6) is 0 Å². The third kappa shape index (κ3) is 2.93. The van der Waals surface area contributed by atoms with Crippen LogP contribution in [0.4, 0.5) is 4.39 Å². The van der Waals surface area contributed by atoms with Crippen molar-refractivity contribution in [2.24, 2.45) is 0 Å². The Morgan fingerprint density at radius 2 is 2.14 bits per heavy atom. The molecule has 3 rings (SSSR count). The molecule has 0 aliphatic rings. The van der Waals surface area contributed by atoms with Gasteiger partial charge in [-0.3, -0.25) is 4.68 Å². The van der Waals surface area contributed by atoms with Crippen LogP contribution in [-0.4, -0.2) is 25.2 Å². The Bertz CT molecular complexity index is 762. The summed E-state index contributed by atoms with van der Waals surface area (Å²) in [5, 5.41) is 4.28. The van der Waals surface area contributed by atoms with E-state index in [2.05, 4.69) is 14.6 Å². The van der Waals surface area contributed by atoms with Crippen LogP contribution in [0, 0.1) is 12.7 Å². The van der Waals surface area contributed by atoms with Crippen molar-refractivity contribution in [1.29, 1.82) is 0 Å². The third-order valence-corrected chi connectivity index (χ3v) is 3.61. The average Bonchev–Trinajstić information content (AvgIpc) is 3.00. The van der Waals surface area contributed by atoms with E-state index < -0.39 is 0 Å². The molecule has 110 valence electrons. The van der Waals surface area contributed by atoms with Gasteiger partial charge < -0.3 is 4.57 Å². The lowest BCUT2D eigenvalue weighted by atomic mass is 10.3. The fraction of sp³-hybridized carbons (Fsp3) is 0.333. The standard InChI is InChI=1S/C15H16ClFN4/c1-11-9-18-20(10-11)6-7-21-14-3-2-12(17)8-13(14)19-15(21)4-5-16/h2-3,8-10H,4-7H2,1H3. The van der Waals surface area contributed by atoms with E-state index in [0.29, 0.717) is 17.8 Å². The summed E-state index contributed by atoms with van der Waals surface area (Å²) in [6.07, 6.45) is 4.50. The van der Waals surface area contributed by atoms with Gasteiger partial charge in [0, 0.05) is 31.1 Å². The number of nitrogens with zero attached hydrogens (tertiary/aromatic N) is 4. The molecule has 0 amide bonds. The van der Waals surface area contributed by atoms with E-state index >= 15 is 0 Å². The highest BCUT2D eigenvalue weighted by atomic mass is 35.5. The van der Waals surface area contributed by atoms with Crippen LogP contribution >= 0.6 is 11.6 Å². The van der Waals surface area contributed by atoms with Crippen molar-refractivity contribution < 1.29 is 4.39 Å². The molecule has 21 heavy (non-hydrogen) atoms. The molecule has 2 aromatic heterocycles. The van der Waals surface area contributed by atoms with Crippen LogP contribution < -0.4 is 0 Å². The molecule has 3 aromatic rings. The van der Waals surface area contributed by atoms with E-state index in [4.69, 9.17) is 11.6 Å². The summed E-state index contributed by atoms with van der Waals surface area (Å²) in [5.41, 5.74) is 2.74. The summed E-state index contributed by atoms with van der Waals surface area (Å²) in [6.45, 7) is 3.49. The zero-order valence-electron chi connectivity index (χ0n) is 11.8. The number of aryl methyl sites for hydroxylation is 4. The van der Waals surface area contributed by atoms with Gasteiger partial charge in [-0.05, 0) is 24.6 Å². The Kier molecular flexibility index (Phi) is 3.92. The minimum Gasteiger partial charge on any atom is -0.326 e. The first-order valence-corrected chi connectivity index (χ1v) is 7.40. The number of aromatic nitrogens is 4. The van der Waals surface area contributed by atoms with Gasteiger partial charge in [0.2, 0.25) is 0 Å². The van der Waals surface area contributed by atoms with Crippen LogP contribution in [0.2, 0.25) is 0 Å². The number of hydrogen-bond donors (Lipinski definition) is 0. The van der Waals surface area contributed by atoms with E-state index in [1.807, 2.05) is 24.0 Å². The van der Waals surface area contributed by atoms with Crippen molar-refractivity contribution in [3.63, 3.8) is 0 Å². The predicted molar refractivity (Wildman–Crippen MR) is 81.1 cm³/mol. The second kappa shape index (κ2) is 5.85. The fourth-order valence-corrected chi connectivity index (χ4v) is 2.64. The summed E-state index contributed by atoms with van der Waals surface area (Å²) in [7, 11) is 0. The van der Waals surface area contributed by atoms with E-state index in [-0.39, 0.29) is 5.82 Å².